The van der Waals surface area contributed by atoms with Crippen LogP contribution in [0.15, 0.2) is 52.6 Å². The van der Waals surface area contributed by atoms with E-state index in [0.717, 1.165) is 32.3 Å². The van der Waals surface area contributed by atoms with E-state index >= 15 is 0 Å². The molecule has 2 aromatic heterocycles. The van der Waals surface area contributed by atoms with Crippen LogP contribution in [0.3, 0.4) is 0 Å². The van der Waals surface area contributed by atoms with Crippen molar-refractivity contribution < 1.29 is 4.79 Å². The molecule has 3 rings (SSSR count). The van der Waals surface area contributed by atoms with Crippen molar-refractivity contribution in [2.75, 3.05) is 7.05 Å². The minimum absolute atomic E-state index is 0.0781. The molecule has 0 aliphatic carbocycles. The van der Waals surface area contributed by atoms with Crippen molar-refractivity contribution in [1.82, 2.24) is 14.9 Å². The molecule has 0 atom stereocenters. The molecule has 2 heterocycles. The van der Waals surface area contributed by atoms with Gasteiger partial charge in [-0.1, -0.05) is 48.8 Å². The molecule has 29 heavy (non-hydrogen) atoms. The van der Waals surface area contributed by atoms with Gasteiger partial charge in [-0.05, 0) is 54.3 Å². The number of benzene rings is 1. The monoisotopic (exact) mass is 447 g/mol. The molecule has 1 amide bonds. The number of carbonyl (C=O) groups excluding carboxylic acids is 1. The smallest absolute Gasteiger partial charge is 0.253 e. The SMILES string of the molecule is CNC(=O)c1c(C(C)C)c(Sc2cc(Cl)cc(Cl)c2)n(Cc2ccncc2)c1C. The highest BCUT2D eigenvalue weighted by atomic mass is 35.5. The second kappa shape index (κ2) is 9.24. The zero-order chi connectivity index (χ0) is 21.1. The summed E-state index contributed by atoms with van der Waals surface area (Å²) in [5.41, 5.74) is 3.80. The molecule has 1 aromatic carbocycles. The minimum atomic E-state index is -0.0781. The van der Waals surface area contributed by atoms with Crippen LogP contribution in [0.4, 0.5) is 0 Å². The lowest BCUT2D eigenvalue weighted by Gasteiger charge is -2.14. The maximum Gasteiger partial charge on any atom is 0.253 e. The van der Waals surface area contributed by atoms with Gasteiger partial charge in [-0.25, -0.2) is 0 Å². The van der Waals surface area contributed by atoms with Gasteiger partial charge in [0.25, 0.3) is 5.91 Å². The molecule has 1 N–H and O–H groups in total. The third kappa shape index (κ3) is 4.80. The molecule has 152 valence electrons. The van der Waals surface area contributed by atoms with Gasteiger partial charge in [0.2, 0.25) is 0 Å². The number of aromatic nitrogens is 2. The molecule has 0 saturated carbocycles. The molecule has 0 unspecified atom stereocenters. The molecular weight excluding hydrogens is 425 g/mol. The summed E-state index contributed by atoms with van der Waals surface area (Å²) in [6.07, 6.45) is 3.56. The van der Waals surface area contributed by atoms with Gasteiger partial charge in [0.15, 0.2) is 0 Å². The number of hydrogen-bond donors (Lipinski definition) is 1. The topological polar surface area (TPSA) is 46.9 Å². The molecule has 3 aromatic rings. The summed E-state index contributed by atoms with van der Waals surface area (Å²) in [6, 6.07) is 9.47. The molecule has 7 heteroatoms. The molecule has 0 aliphatic rings. The van der Waals surface area contributed by atoms with E-state index < -0.39 is 0 Å². The lowest BCUT2D eigenvalue weighted by Crippen LogP contribution is -2.20. The van der Waals surface area contributed by atoms with Crippen molar-refractivity contribution in [2.24, 2.45) is 0 Å². The quantitative estimate of drug-likeness (QED) is 0.490. The Hall–Kier alpha value is -1.95. The van der Waals surface area contributed by atoms with E-state index in [2.05, 4.69) is 28.7 Å². The summed E-state index contributed by atoms with van der Waals surface area (Å²) < 4.78 is 2.19. The van der Waals surface area contributed by atoms with Crippen LogP contribution in [-0.4, -0.2) is 22.5 Å². The number of hydrogen-bond acceptors (Lipinski definition) is 3. The summed E-state index contributed by atoms with van der Waals surface area (Å²) in [5.74, 6) is 0.0856. The van der Waals surface area contributed by atoms with E-state index in [-0.39, 0.29) is 11.8 Å². The first kappa shape index (κ1) is 21.8. The number of pyridine rings is 1. The fraction of sp³-hybridized carbons (Fsp3) is 0.273. The van der Waals surface area contributed by atoms with Crippen LogP contribution in [0.5, 0.6) is 0 Å². The normalized spacial score (nSPS) is 11.1. The first-order valence-electron chi connectivity index (χ1n) is 9.29. The molecule has 4 nitrogen and oxygen atoms in total. The van der Waals surface area contributed by atoms with Crippen LogP contribution < -0.4 is 5.32 Å². The molecule has 0 radical (unpaired) electrons. The Bertz CT molecular complexity index is 1010. The zero-order valence-electron chi connectivity index (χ0n) is 16.8. The molecule has 0 saturated heterocycles. The van der Waals surface area contributed by atoms with Gasteiger partial charge < -0.3 is 9.88 Å². The van der Waals surface area contributed by atoms with Crippen molar-refractivity contribution in [3.05, 3.63) is 75.2 Å². The van der Waals surface area contributed by atoms with Gasteiger partial charge in [-0.2, -0.15) is 0 Å². The number of halogens is 2. The standard InChI is InChI=1S/C22H23Cl2N3OS/c1-13(2)19-20(21(28)25-4)14(3)27(12-15-5-7-26-8-6-15)22(19)29-18-10-16(23)9-17(24)11-18/h5-11,13H,12H2,1-4H3,(H,25,28). The third-order valence-electron chi connectivity index (χ3n) is 4.68. The fourth-order valence-electron chi connectivity index (χ4n) is 3.35. The average Bonchev–Trinajstić information content (AvgIpc) is 2.93. The maximum atomic E-state index is 12.8. The van der Waals surface area contributed by atoms with Crippen LogP contribution in [0.25, 0.3) is 0 Å². The number of nitrogens with one attached hydrogen (secondary N) is 1. The number of carbonyl (C=O) groups is 1. The van der Waals surface area contributed by atoms with E-state index in [1.807, 2.05) is 31.2 Å². The Morgan fingerprint density at radius 2 is 1.79 bits per heavy atom. The lowest BCUT2D eigenvalue weighted by atomic mass is 10.00. The highest BCUT2D eigenvalue weighted by Gasteiger charge is 2.27. The van der Waals surface area contributed by atoms with Crippen LogP contribution in [0.2, 0.25) is 10.0 Å². The van der Waals surface area contributed by atoms with Crippen LogP contribution >= 0.6 is 35.0 Å². The Balaban J connectivity index is 2.20. The van der Waals surface area contributed by atoms with Gasteiger partial charge in [0.1, 0.15) is 0 Å². The molecule has 0 fully saturated rings. The highest BCUT2D eigenvalue weighted by molar-refractivity contribution is 7.99. The van der Waals surface area contributed by atoms with Crippen LogP contribution in [-0.2, 0) is 6.54 Å². The predicted molar refractivity (Wildman–Crippen MR) is 121 cm³/mol. The van der Waals surface area contributed by atoms with Gasteiger partial charge >= 0.3 is 0 Å². The van der Waals surface area contributed by atoms with Gasteiger partial charge in [-0.15, -0.1) is 0 Å². The Kier molecular flexibility index (Phi) is 6.93. The zero-order valence-corrected chi connectivity index (χ0v) is 19.1. The lowest BCUT2D eigenvalue weighted by molar-refractivity contribution is 0.0961. The second-order valence-corrected chi connectivity index (χ2v) is 9.00. The first-order valence-corrected chi connectivity index (χ1v) is 10.9. The summed E-state index contributed by atoms with van der Waals surface area (Å²) in [5, 5.41) is 4.98. The Labute approximate surface area is 185 Å². The van der Waals surface area contributed by atoms with Gasteiger partial charge in [-0.3, -0.25) is 9.78 Å². The number of rotatable bonds is 6. The van der Waals surface area contributed by atoms with Crippen LogP contribution in [0.1, 0.15) is 46.9 Å². The molecule has 0 bridgehead atoms. The van der Waals surface area contributed by atoms with Crippen LogP contribution in [0, 0.1) is 6.92 Å². The fourth-order valence-corrected chi connectivity index (χ4v) is 5.36. The van der Waals surface area contributed by atoms with Crippen molar-refractivity contribution in [3.8, 4) is 0 Å². The molecule has 0 aliphatic heterocycles. The second-order valence-electron chi connectivity index (χ2n) is 7.06. The molecular formula is C22H23Cl2N3OS. The maximum absolute atomic E-state index is 12.8. The Morgan fingerprint density at radius 1 is 1.17 bits per heavy atom. The summed E-state index contributed by atoms with van der Waals surface area (Å²) in [4.78, 5) is 17.8. The van der Waals surface area contributed by atoms with E-state index in [4.69, 9.17) is 23.2 Å². The first-order chi connectivity index (χ1) is 13.8. The van der Waals surface area contributed by atoms with E-state index in [1.165, 1.54) is 0 Å². The van der Waals surface area contributed by atoms with Gasteiger partial charge in [0.05, 0.1) is 10.6 Å². The average molecular weight is 448 g/mol. The van der Waals surface area contributed by atoms with Crippen molar-refractivity contribution in [1.29, 1.82) is 0 Å². The summed E-state index contributed by atoms with van der Waals surface area (Å²) >= 11 is 14.0. The van der Waals surface area contributed by atoms with Crippen molar-refractivity contribution >= 4 is 40.9 Å². The largest absolute Gasteiger partial charge is 0.355 e. The highest BCUT2D eigenvalue weighted by Crippen LogP contribution is 2.41. The van der Waals surface area contributed by atoms with Crippen molar-refractivity contribution in [3.63, 3.8) is 0 Å². The predicted octanol–water partition coefficient (Wildman–Crippen LogP) is 6.18. The Morgan fingerprint density at radius 3 is 2.34 bits per heavy atom. The minimum Gasteiger partial charge on any atom is -0.355 e. The molecule has 0 spiro atoms. The van der Waals surface area contributed by atoms with E-state index in [0.29, 0.717) is 16.6 Å². The van der Waals surface area contributed by atoms with E-state index in [1.54, 1.807) is 37.3 Å². The summed E-state index contributed by atoms with van der Waals surface area (Å²) in [7, 11) is 1.66. The third-order valence-corrected chi connectivity index (χ3v) is 6.23. The van der Waals surface area contributed by atoms with E-state index in [9.17, 15) is 4.79 Å². The summed E-state index contributed by atoms with van der Waals surface area (Å²) in [6.45, 7) is 6.84. The van der Waals surface area contributed by atoms with Crippen molar-refractivity contribution in [2.45, 2.75) is 43.2 Å². The number of amides is 1. The van der Waals surface area contributed by atoms with Gasteiger partial charge in [0, 0.05) is 46.6 Å². The number of nitrogens with zero attached hydrogens (tertiary/aromatic N) is 2.